The van der Waals surface area contributed by atoms with Crippen LogP contribution in [-0.4, -0.2) is 29.5 Å². The van der Waals surface area contributed by atoms with Crippen molar-refractivity contribution in [3.8, 4) is 5.69 Å². The lowest BCUT2D eigenvalue weighted by atomic mass is 10.2. The molecule has 2 aromatic rings. The second-order valence-corrected chi connectivity index (χ2v) is 4.13. The highest BCUT2D eigenvalue weighted by Crippen LogP contribution is 2.13. The Balaban J connectivity index is 2.44. The van der Waals surface area contributed by atoms with Crippen molar-refractivity contribution in [2.45, 2.75) is 13.5 Å². The minimum absolute atomic E-state index is 0.129. The van der Waals surface area contributed by atoms with Crippen LogP contribution in [-0.2, 0) is 16.1 Å². The van der Waals surface area contributed by atoms with Crippen molar-refractivity contribution in [1.29, 1.82) is 0 Å². The summed E-state index contributed by atoms with van der Waals surface area (Å²) in [6, 6.07) is 8.53. The van der Waals surface area contributed by atoms with E-state index in [9.17, 15) is 9.59 Å². The third kappa shape index (κ3) is 2.80. The molecule has 0 saturated heterocycles. The molecule has 6 heteroatoms. The lowest BCUT2D eigenvalue weighted by molar-refractivity contribution is 0.0519. The van der Waals surface area contributed by atoms with Crippen LogP contribution in [0, 0.1) is 0 Å². The zero-order valence-electron chi connectivity index (χ0n) is 11.4. The van der Waals surface area contributed by atoms with Crippen LogP contribution in [0.3, 0.4) is 0 Å². The second-order valence-electron chi connectivity index (χ2n) is 4.13. The predicted molar refractivity (Wildman–Crippen MR) is 73.1 cm³/mol. The number of hydrogen-bond acceptors (Lipinski definition) is 4. The summed E-state index contributed by atoms with van der Waals surface area (Å²) in [4.78, 5) is 23.6. The molecule has 0 unspecified atom stereocenters. The van der Waals surface area contributed by atoms with Gasteiger partial charge in [-0.2, -0.15) is 0 Å². The van der Waals surface area contributed by atoms with E-state index in [2.05, 4.69) is 5.10 Å². The van der Waals surface area contributed by atoms with E-state index in [1.54, 1.807) is 20.1 Å². The Morgan fingerprint density at radius 2 is 2.10 bits per heavy atom. The van der Waals surface area contributed by atoms with Crippen molar-refractivity contribution < 1.29 is 14.3 Å². The number of nitrogens with zero attached hydrogens (tertiary/aromatic N) is 1. The topological polar surface area (TPSA) is 73.3 Å². The highest BCUT2D eigenvalue weighted by atomic mass is 16.5. The number of carbonyl (C=O) groups excluding carboxylic acids is 1. The van der Waals surface area contributed by atoms with Crippen LogP contribution in [0.5, 0.6) is 0 Å². The van der Waals surface area contributed by atoms with Crippen molar-refractivity contribution in [3.05, 3.63) is 51.9 Å². The Hall–Kier alpha value is -2.34. The molecule has 6 nitrogen and oxygen atoms in total. The first-order chi connectivity index (χ1) is 9.67. The highest BCUT2D eigenvalue weighted by Gasteiger charge is 2.14. The molecule has 1 heterocycles. The molecule has 0 bridgehead atoms. The molecule has 20 heavy (non-hydrogen) atoms. The first-order valence-corrected chi connectivity index (χ1v) is 6.23. The van der Waals surface area contributed by atoms with Crippen molar-refractivity contribution in [2.75, 3.05) is 13.7 Å². The van der Waals surface area contributed by atoms with Gasteiger partial charge in [-0.3, -0.25) is 9.89 Å². The number of H-pyrrole nitrogens is 1. The number of hydrogen-bond donors (Lipinski definition) is 1. The first-order valence-electron chi connectivity index (χ1n) is 6.23. The average molecular weight is 276 g/mol. The fourth-order valence-corrected chi connectivity index (χ4v) is 1.89. The van der Waals surface area contributed by atoms with E-state index in [1.165, 1.54) is 10.7 Å². The number of para-hydroxylation sites is 1. The van der Waals surface area contributed by atoms with Crippen LogP contribution in [0.2, 0.25) is 0 Å². The molecular weight excluding hydrogens is 260 g/mol. The standard InChI is InChI=1S/C14H16N2O4/c1-3-20-14(18)11-8-13(17)16(15-11)12-7-5-4-6-10(12)9-19-2/h4-8,15H,3,9H2,1-2H3. The van der Waals surface area contributed by atoms with E-state index in [4.69, 9.17) is 9.47 Å². The van der Waals surface area contributed by atoms with Gasteiger partial charge in [-0.15, -0.1) is 0 Å². The molecule has 1 N–H and O–H groups in total. The van der Waals surface area contributed by atoms with E-state index in [0.717, 1.165) is 5.56 Å². The largest absolute Gasteiger partial charge is 0.461 e. The summed E-state index contributed by atoms with van der Waals surface area (Å²) in [5.41, 5.74) is 1.30. The van der Waals surface area contributed by atoms with Gasteiger partial charge in [-0.1, -0.05) is 18.2 Å². The Morgan fingerprint density at radius 1 is 1.35 bits per heavy atom. The Labute approximate surface area is 115 Å². The van der Waals surface area contributed by atoms with E-state index in [1.807, 2.05) is 18.2 Å². The molecule has 0 radical (unpaired) electrons. The zero-order chi connectivity index (χ0) is 14.5. The number of rotatable bonds is 5. The molecule has 0 aliphatic rings. The summed E-state index contributed by atoms with van der Waals surface area (Å²) in [6.45, 7) is 2.34. The molecule has 106 valence electrons. The molecule has 0 amide bonds. The van der Waals surface area contributed by atoms with Crippen molar-refractivity contribution in [2.24, 2.45) is 0 Å². The maximum atomic E-state index is 12.0. The summed E-state index contributed by atoms with van der Waals surface area (Å²) in [6.07, 6.45) is 0. The monoisotopic (exact) mass is 276 g/mol. The predicted octanol–water partition coefficient (Wildman–Crippen LogP) is 1.49. The smallest absolute Gasteiger partial charge is 0.356 e. The number of aromatic amines is 1. The number of esters is 1. The molecule has 0 fully saturated rings. The maximum absolute atomic E-state index is 12.0. The third-order valence-electron chi connectivity index (χ3n) is 2.75. The summed E-state index contributed by atoms with van der Waals surface area (Å²) >= 11 is 0. The van der Waals surface area contributed by atoms with Crippen LogP contribution in [0.1, 0.15) is 23.0 Å². The molecular formula is C14H16N2O4. The lowest BCUT2D eigenvalue weighted by Crippen LogP contribution is -2.15. The zero-order valence-corrected chi connectivity index (χ0v) is 11.4. The molecule has 1 aromatic heterocycles. The van der Waals surface area contributed by atoms with Gasteiger partial charge >= 0.3 is 5.97 Å². The maximum Gasteiger partial charge on any atom is 0.356 e. The average Bonchev–Trinajstić information content (AvgIpc) is 2.82. The highest BCUT2D eigenvalue weighted by molar-refractivity contribution is 5.87. The third-order valence-corrected chi connectivity index (χ3v) is 2.75. The van der Waals surface area contributed by atoms with Gasteiger partial charge in [0.1, 0.15) is 5.69 Å². The number of benzene rings is 1. The molecule has 0 atom stereocenters. The summed E-state index contributed by atoms with van der Waals surface area (Å²) in [7, 11) is 1.58. The molecule has 2 rings (SSSR count). The van der Waals surface area contributed by atoms with Crippen LogP contribution < -0.4 is 5.56 Å². The van der Waals surface area contributed by atoms with Crippen LogP contribution in [0.4, 0.5) is 0 Å². The molecule has 0 aliphatic carbocycles. The lowest BCUT2D eigenvalue weighted by Gasteiger charge is -2.08. The van der Waals surface area contributed by atoms with Crippen molar-refractivity contribution in [3.63, 3.8) is 0 Å². The minimum Gasteiger partial charge on any atom is -0.461 e. The quantitative estimate of drug-likeness (QED) is 0.840. The van der Waals surface area contributed by atoms with Crippen LogP contribution in [0.25, 0.3) is 5.69 Å². The van der Waals surface area contributed by atoms with Crippen LogP contribution in [0.15, 0.2) is 35.1 Å². The molecule has 0 spiro atoms. The van der Waals surface area contributed by atoms with E-state index >= 15 is 0 Å². The summed E-state index contributed by atoms with van der Waals surface area (Å²) in [5.74, 6) is -0.549. The van der Waals surface area contributed by atoms with E-state index < -0.39 is 5.97 Å². The van der Waals surface area contributed by atoms with Gasteiger partial charge in [-0.25, -0.2) is 9.48 Å². The second kappa shape index (κ2) is 6.21. The number of carbonyl (C=O) groups is 1. The molecule has 0 saturated carbocycles. The van der Waals surface area contributed by atoms with Gasteiger partial charge < -0.3 is 9.47 Å². The van der Waals surface area contributed by atoms with Gasteiger partial charge in [0.25, 0.3) is 5.56 Å². The number of aromatic nitrogens is 2. The first kappa shape index (κ1) is 14.1. The fourth-order valence-electron chi connectivity index (χ4n) is 1.89. The van der Waals surface area contributed by atoms with E-state index in [0.29, 0.717) is 12.3 Å². The molecule has 0 aliphatic heterocycles. The van der Waals surface area contributed by atoms with Gasteiger partial charge in [0.15, 0.2) is 0 Å². The Kier molecular flexibility index (Phi) is 4.37. The van der Waals surface area contributed by atoms with Crippen molar-refractivity contribution in [1.82, 2.24) is 9.78 Å². The van der Waals surface area contributed by atoms with Gasteiger partial charge in [0, 0.05) is 18.7 Å². The van der Waals surface area contributed by atoms with Gasteiger partial charge in [0.2, 0.25) is 0 Å². The normalized spacial score (nSPS) is 10.5. The van der Waals surface area contributed by atoms with Gasteiger partial charge in [-0.05, 0) is 13.0 Å². The van der Waals surface area contributed by atoms with E-state index in [-0.39, 0.29) is 17.9 Å². The molecule has 1 aromatic carbocycles. The Bertz CT molecular complexity index is 657. The van der Waals surface area contributed by atoms with Crippen molar-refractivity contribution >= 4 is 5.97 Å². The number of nitrogens with one attached hydrogen (secondary N) is 1. The Morgan fingerprint density at radius 3 is 2.80 bits per heavy atom. The summed E-state index contributed by atoms with van der Waals surface area (Å²) < 4.78 is 11.3. The SMILES string of the molecule is CCOC(=O)c1cc(=O)n(-c2ccccc2COC)[nH]1. The van der Waals surface area contributed by atoms with Gasteiger partial charge in [0.05, 0.1) is 18.9 Å². The number of ether oxygens (including phenoxy) is 2. The summed E-state index contributed by atoms with van der Waals surface area (Å²) in [5, 5.41) is 2.76. The van der Waals surface area contributed by atoms with Crippen LogP contribution >= 0.6 is 0 Å². The fraction of sp³-hybridized carbons (Fsp3) is 0.286. The minimum atomic E-state index is -0.549. The number of methoxy groups -OCH3 is 1.